The van der Waals surface area contributed by atoms with Crippen LogP contribution in [-0.4, -0.2) is 18.1 Å². The molecule has 1 fully saturated rings. The van der Waals surface area contributed by atoms with Crippen LogP contribution in [0.15, 0.2) is 12.3 Å². The second-order valence-corrected chi connectivity index (χ2v) is 5.08. The molecule has 0 radical (unpaired) electrons. The molecule has 0 aliphatic carbocycles. The van der Waals surface area contributed by atoms with Crippen molar-refractivity contribution in [3.63, 3.8) is 0 Å². The number of alkyl halides is 1. The fourth-order valence-corrected chi connectivity index (χ4v) is 2.62. The van der Waals surface area contributed by atoms with Crippen LogP contribution in [0.5, 0.6) is 0 Å². The smallest absolute Gasteiger partial charge is 0.131 e. The molecule has 2 heterocycles. The molecular weight excluding hydrogens is 264 g/mol. The van der Waals surface area contributed by atoms with E-state index in [-0.39, 0.29) is 0 Å². The molecule has 1 aromatic rings. The molecule has 1 saturated heterocycles. The number of aromatic nitrogens is 1. The van der Waals surface area contributed by atoms with Gasteiger partial charge in [0, 0.05) is 24.6 Å². The summed E-state index contributed by atoms with van der Waals surface area (Å²) >= 11 is 3.47. The molecule has 0 amide bonds. The second-order valence-electron chi connectivity index (χ2n) is 4.52. The Morgan fingerprint density at radius 2 is 1.94 bits per heavy atom. The predicted molar refractivity (Wildman–Crippen MR) is 72.3 cm³/mol. The zero-order valence-electron chi connectivity index (χ0n) is 9.88. The van der Waals surface area contributed by atoms with Crippen molar-refractivity contribution in [1.29, 1.82) is 0 Å². The van der Waals surface area contributed by atoms with Gasteiger partial charge in [-0.15, -0.1) is 0 Å². The lowest BCUT2D eigenvalue weighted by Gasteiger charge is -2.23. The Bertz CT molecular complexity index is 344. The van der Waals surface area contributed by atoms with Gasteiger partial charge in [-0.3, -0.25) is 0 Å². The van der Waals surface area contributed by atoms with Gasteiger partial charge in [0.15, 0.2) is 0 Å². The van der Waals surface area contributed by atoms with Crippen molar-refractivity contribution in [3.8, 4) is 0 Å². The molecule has 0 aromatic carbocycles. The predicted octanol–water partition coefficient (Wildman–Crippen LogP) is 3.67. The fourth-order valence-electron chi connectivity index (χ4n) is 2.31. The van der Waals surface area contributed by atoms with E-state index in [0.29, 0.717) is 0 Å². The first-order valence-electron chi connectivity index (χ1n) is 6.07. The lowest BCUT2D eigenvalue weighted by atomic mass is 10.2. The Kier molecular flexibility index (Phi) is 4.22. The van der Waals surface area contributed by atoms with E-state index < -0.39 is 0 Å². The van der Waals surface area contributed by atoms with Crippen molar-refractivity contribution in [2.45, 2.75) is 37.9 Å². The van der Waals surface area contributed by atoms with Crippen molar-refractivity contribution in [2.75, 3.05) is 18.0 Å². The van der Waals surface area contributed by atoms with Crippen LogP contribution < -0.4 is 4.90 Å². The van der Waals surface area contributed by atoms with Crippen LogP contribution in [0, 0.1) is 6.92 Å². The number of aryl methyl sites for hydroxylation is 1. The minimum Gasteiger partial charge on any atom is -0.356 e. The molecule has 0 N–H and O–H groups in total. The molecule has 3 heteroatoms. The molecule has 0 unspecified atom stereocenters. The second kappa shape index (κ2) is 5.67. The quantitative estimate of drug-likeness (QED) is 0.770. The van der Waals surface area contributed by atoms with Gasteiger partial charge in [0.2, 0.25) is 0 Å². The lowest BCUT2D eigenvalue weighted by Crippen LogP contribution is -2.25. The van der Waals surface area contributed by atoms with Gasteiger partial charge < -0.3 is 4.90 Å². The summed E-state index contributed by atoms with van der Waals surface area (Å²) in [4.78, 5) is 7.06. The molecule has 2 rings (SSSR count). The topological polar surface area (TPSA) is 16.1 Å². The zero-order chi connectivity index (χ0) is 11.4. The first-order valence-corrected chi connectivity index (χ1v) is 7.20. The largest absolute Gasteiger partial charge is 0.356 e. The third kappa shape index (κ3) is 2.76. The summed E-state index contributed by atoms with van der Waals surface area (Å²) in [6, 6.07) is 2.24. The Morgan fingerprint density at radius 3 is 2.50 bits per heavy atom. The van der Waals surface area contributed by atoms with Gasteiger partial charge in [-0.2, -0.15) is 0 Å². The summed E-state index contributed by atoms with van der Waals surface area (Å²) in [6.07, 6.45) is 7.34. The number of anilines is 1. The van der Waals surface area contributed by atoms with E-state index in [9.17, 15) is 0 Å². The molecule has 1 aromatic heterocycles. The van der Waals surface area contributed by atoms with E-state index in [0.717, 1.165) is 5.33 Å². The average Bonchev–Trinajstić information content (AvgIpc) is 2.57. The molecule has 2 nitrogen and oxygen atoms in total. The first kappa shape index (κ1) is 11.9. The standard InChI is InChI=1S/C13H19BrN2/c1-11-8-12(9-14)10-15-13(11)16-6-4-2-3-5-7-16/h8,10H,2-7,9H2,1H3. The minimum atomic E-state index is 0.890. The summed E-state index contributed by atoms with van der Waals surface area (Å²) < 4.78 is 0. The molecule has 1 aliphatic heterocycles. The third-order valence-electron chi connectivity index (χ3n) is 3.17. The molecule has 0 atom stereocenters. The van der Waals surface area contributed by atoms with Crippen molar-refractivity contribution in [1.82, 2.24) is 4.98 Å². The maximum absolute atomic E-state index is 4.61. The molecule has 0 bridgehead atoms. The van der Waals surface area contributed by atoms with Gasteiger partial charge >= 0.3 is 0 Å². The maximum atomic E-state index is 4.61. The molecule has 0 spiro atoms. The van der Waals surface area contributed by atoms with Gasteiger partial charge in [-0.05, 0) is 30.9 Å². The lowest BCUT2D eigenvalue weighted by molar-refractivity contribution is 0.726. The highest BCUT2D eigenvalue weighted by molar-refractivity contribution is 9.08. The molecule has 88 valence electrons. The Labute approximate surface area is 106 Å². The number of hydrogen-bond donors (Lipinski definition) is 0. The van der Waals surface area contributed by atoms with E-state index >= 15 is 0 Å². The van der Waals surface area contributed by atoms with Crippen molar-refractivity contribution >= 4 is 21.7 Å². The van der Waals surface area contributed by atoms with Crippen LogP contribution in [0.4, 0.5) is 5.82 Å². The number of rotatable bonds is 2. The van der Waals surface area contributed by atoms with Crippen LogP contribution in [0.1, 0.15) is 36.8 Å². The Morgan fingerprint density at radius 1 is 1.25 bits per heavy atom. The van der Waals surface area contributed by atoms with Crippen LogP contribution in [0.3, 0.4) is 0 Å². The van der Waals surface area contributed by atoms with Gasteiger partial charge in [0.1, 0.15) is 5.82 Å². The summed E-state index contributed by atoms with van der Waals surface area (Å²) in [5, 5.41) is 0.890. The Balaban J connectivity index is 2.18. The van der Waals surface area contributed by atoms with Crippen molar-refractivity contribution < 1.29 is 0 Å². The molecule has 1 aliphatic rings. The highest BCUT2D eigenvalue weighted by atomic mass is 79.9. The normalized spacial score (nSPS) is 17.2. The Hall–Kier alpha value is -0.570. The van der Waals surface area contributed by atoms with Crippen LogP contribution >= 0.6 is 15.9 Å². The van der Waals surface area contributed by atoms with Crippen molar-refractivity contribution in [3.05, 3.63) is 23.4 Å². The highest BCUT2D eigenvalue weighted by Gasteiger charge is 2.13. The van der Waals surface area contributed by atoms with Crippen molar-refractivity contribution in [2.24, 2.45) is 0 Å². The van der Waals surface area contributed by atoms with Crippen LogP contribution in [0.2, 0.25) is 0 Å². The first-order chi connectivity index (χ1) is 7.81. The van der Waals surface area contributed by atoms with E-state index in [1.54, 1.807) is 0 Å². The van der Waals surface area contributed by atoms with Gasteiger partial charge in [-0.25, -0.2) is 4.98 Å². The van der Waals surface area contributed by atoms with E-state index in [1.807, 2.05) is 6.20 Å². The molecular formula is C13H19BrN2. The van der Waals surface area contributed by atoms with E-state index in [1.165, 1.54) is 55.7 Å². The summed E-state index contributed by atoms with van der Waals surface area (Å²) in [5.41, 5.74) is 2.56. The average molecular weight is 283 g/mol. The third-order valence-corrected chi connectivity index (χ3v) is 3.81. The number of hydrogen-bond acceptors (Lipinski definition) is 2. The zero-order valence-corrected chi connectivity index (χ0v) is 11.5. The van der Waals surface area contributed by atoms with E-state index in [4.69, 9.17) is 0 Å². The summed E-state index contributed by atoms with van der Waals surface area (Å²) in [7, 11) is 0. The van der Waals surface area contributed by atoms with Crippen LogP contribution in [-0.2, 0) is 5.33 Å². The van der Waals surface area contributed by atoms with Gasteiger partial charge in [0.25, 0.3) is 0 Å². The monoisotopic (exact) mass is 282 g/mol. The summed E-state index contributed by atoms with van der Waals surface area (Å²) in [5.74, 6) is 1.19. The van der Waals surface area contributed by atoms with Crippen LogP contribution in [0.25, 0.3) is 0 Å². The molecule has 0 saturated carbocycles. The molecule has 16 heavy (non-hydrogen) atoms. The maximum Gasteiger partial charge on any atom is 0.131 e. The van der Waals surface area contributed by atoms with E-state index in [2.05, 4.69) is 38.8 Å². The SMILES string of the molecule is Cc1cc(CBr)cnc1N1CCCCCC1. The number of nitrogens with zero attached hydrogens (tertiary/aromatic N) is 2. The summed E-state index contributed by atoms with van der Waals surface area (Å²) in [6.45, 7) is 4.50. The number of pyridine rings is 1. The minimum absolute atomic E-state index is 0.890. The highest BCUT2D eigenvalue weighted by Crippen LogP contribution is 2.22. The van der Waals surface area contributed by atoms with Gasteiger partial charge in [0.05, 0.1) is 0 Å². The fraction of sp³-hybridized carbons (Fsp3) is 0.615. The van der Waals surface area contributed by atoms with Gasteiger partial charge in [-0.1, -0.05) is 34.8 Å². The number of halogens is 1.